The van der Waals surface area contributed by atoms with Crippen molar-refractivity contribution in [3.63, 3.8) is 0 Å². The second kappa shape index (κ2) is 4.53. The van der Waals surface area contributed by atoms with E-state index in [2.05, 4.69) is 17.2 Å². The smallest absolute Gasteiger partial charge is 0.253 e. The van der Waals surface area contributed by atoms with Crippen LogP contribution in [0.5, 0.6) is 0 Å². The van der Waals surface area contributed by atoms with E-state index < -0.39 is 0 Å². The molecule has 2 aromatic rings. The van der Waals surface area contributed by atoms with Crippen LogP contribution in [0.15, 0.2) is 30.5 Å². The highest BCUT2D eigenvalue weighted by Gasteiger charge is 2.36. The maximum Gasteiger partial charge on any atom is 0.253 e. The lowest BCUT2D eigenvalue weighted by Gasteiger charge is -2.08. The van der Waals surface area contributed by atoms with Crippen molar-refractivity contribution in [1.82, 2.24) is 10.3 Å². The van der Waals surface area contributed by atoms with Crippen LogP contribution >= 0.6 is 0 Å². The molecule has 1 aliphatic carbocycles. The highest BCUT2D eigenvalue weighted by molar-refractivity contribution is 6.09. The molecule has 1 aromatic carbocycles. The minimum absolute atomic E-state index is 0.0512. The number of pyridine rings is 1. The summed E-state index contributed by atoms with van der Waals surface area (Å²) in [7, 11) is 0. The lowest BCUT2D eigenvalue weighted by molar-refractivity contribution is 0.0950. The summed E-state index contributed by atoms with van der Waals surface area (Å²) in [5, 5.41) is 4.76. The van der Waals surface area contributed by atoms with Gasteiger partial charge in [-0.2, -0.15) is 0 Å². The molecule has 0 spiro atoms. The molecule has 1 aromatic heterocycles. The maximum absolute atomic E-state index is 12.3. The number of carbonyl (C=O) groups excluding carboxylic acids is 1. The van der Waals surface area contributed by atoms with Crippen molar-refractivity contribution < 1.29 is 4.79 Å². The van der Waals surface area contributed by atoms with Gasteiger partial charge in [0.05, 0.1) is 5.56 Å². The number of carbonyl (C=O) groups is 1. The number of fused-ring (bicyclic) bond motifs is 1. The van der Waals surface area contributed by atoms with Crippen molar-refractivity contribution >= 4 is 22.5 Å². The summed E-state index contributed by atoms with van der Waals surface area (Å²) < 4.78 is 0. The molecule has 2 unspecified atom stereocenters. The average molecular weight is 255 g/mol. The van der Waals surface area contributed by atoms with Crippen molar-refractivity contribution in [2.75, 3.05) is 5.73 Å². The van der Waals surface area contributed by atoms with Crippen LogP contribution in [0.3, 0.4) is 0 Å². The standard InChI is InChI=1S/C15H17N3O/c1-2-9-7-13(9)18-15(19)12-8-17-14(16)11-6-4-3-5-10(11)12/h3-6,8-9,13H,2,7H2,1H3,(H2,16,17)(H,18,19). The first kappa shape index (κ1) is 12.0. The first-order valence-electron chi connectivity index (χ1n) is 6.64. The summed E-state index contributed by atoms with van der Waals surface area (Å²) in [5.74, 6) is 1.05. The summed E-state index contributed by atoms with van der Waals surface area (Å²) in [5.41, 5.74) is 6.44. The molecule has 0 bridgehead atoms. The van der Waals surface area contributed by atoms with E-state index in [4.69, 9.17) is 5.73 Å². The lowest BCUT2D eigenvalue weighted by atomic mass is 10.1. The summed E-state index contributed by atoms with van der Waals surface area (Å²) >= 11 is 0. The minimum Gasteiger partial charge on any atom is -0.383 e. The fraction of sp³-hybridized carbons (Fsp3) is 0.333. The van der Waals surface area contributed by atoms with E-state index in [1.165, 1.54) is 0 Å². The predicted molar refractivity (Wildman–Crippen MR) is 75.8 cm³/mol. The topological polar surface area (TPSA) is 68.0 Å². The van der Waals surface area contributed by atoms with Gasteiger partial charge in [0.1, 0.15) is 5.82 Å². The van der Waals surface area contributed by atoms with Crippen LogP contribution in [0.25, 0.3) is 10.8 Å². The first-order valence-corrected chi connectivity index (χ1v) is 6.64. The summed E-state index contributed by atoms with van der Waals surface area (Å²) in [6.07, 6.45) is 3.77. The van der Waals surface area contributed by atoms with Gasteiger partial charge in [0.15, 0.2) is 0 Å². The minimum atomic E-state index is -0.0512. The van der Waals surface area contributed by atoms with E-state index >= 15 is 0 Å². The van der Waals surface area contributed by atoms with Crippen molar-refractivity contribution in [3.05, 3.63) is 36.0 Å². The Balaban J connectivity index is 1.92. The van der Waals surface area contributed by atoms with E-state index in [1.54, 1.807) is 6.20 Å². The third-order valence-electron chi connectivity index (χ3n) is 3.83. The molecule has 1 heterocycles. The van der Waals surface area contributed by atoms with Crippen LogP contribution in [0, 0.1) is 5.92 Å². The van der Waals surface area contributed by atoms with Gasteiger partial charge < -0.3 is 11.1 Å². The number of rotatable bonds is 3. The van der Waals surface area contributed by atoms with E-state index in [9.17, 15) is 4.79 Å². The number of benzene rings is 1. The fourth-order valence-electron chi connectivity index (χ4n) is 2.52. The predicted octanol–water partition coefficient (Wildman–Crippen LogP) is 2.35. The van der Waals surface area contributed by atoms with Gasteiger partial charge >= 0.3 is 0 Å². The molecule has 0 aliphatic heterocycles. The van der Waals surface area contributed by atoms with Gasteiger partial charge in [-0.05, 0) is 17.7 Å². The van der Waals surface area contributed by atoms with E-state index in [0.29, 0.717) is 23.3 Å². The van der Waals surface area contributed by atoms with Gasteiger partial charge in [-0.3, -0.25) is 4.79 Å². The Morgan fingerprint density at radius 1 is 1.42 bits per heavy atom. The number of aromatic nitrogens is 1. The highest BCUT2D eigenvalue weighted by Crippen LogP contribution is 2.33. The van der Waals surface area contributed by atoms with E-state index in [0.717, 1.165) is 23.6 Å². The largest absolute Gasteiger partial charge is 0.383 e. The quantitative estimate of drug-likeness (QED) is 0.884. The van der Waals surface area contributed by atoms with Gasteiger partial charge in [-0.1, -0.05) is 37.6 Å². The van der Waals surface area contributed by atoms with Gasteiger partial charge in [-0.15, -0.1) is 0 Å². The fourth-order valence-corrected chi connectivity index (χ4v) is 2.52. The number of nitrogens with one attached hydrogen (secondary N) is 1. The number of anilines is 1. The molecule has 1 fully saturated rings. The molecule has 1 saturated carbocycles. The SMILES string of the molecule is CCC1CC1NC(=O)c1cnc(N)c2ccccc12. The number of amides is 1. The molecule has 4 nitrogen and oxygen atoms in total. The zero-order valence-corrected chi connectivity index (χ0v) is 10.9. The Morgan fingerprint density at radius 3 is 2.84 bits per heavy atom. The molecule has 4 heteroatoms. The molecular weight excluding hydrogens is 238 g/mol. The maximum atomic E-state index is 12.3. The molecular formula is C15H17N3O. The zero-order chi connectivity index (χ0) is 13.4. The molecule has 1 amide bonds. The molecule has 0 radical (unpaired) electrons. The second-order valence-electron chi connectivity index (χ2n) is 5.09. The summed E-state index contributed by atoms with van der Waals surface area (Å²) in [6, 6.07) is 7.93. The van der Waals surface area contributed by atoms with Crippen molar-refractivity contribution in [2.24, 2.45) is 5.92 Å². The normalized spacial score (nSPS) is 21.3. The highest BCUT2D eigenvalue weighted by atomic mass is 16.1. The Bertz CT molecular complexity index is 638. The Morgan fingerprint density at radius 2 is 2.16 bits per heavy atom. The first-order chi connectivity index (χ1) is 9.20. The van der Waals surface area contributed by atoms with E-state index in [-0.39, 0.29) is 5.91 Å². The van der Waals surface area contributed by atoms with Crippen molar-refractivity contribution in [1.29, 1.82) is 0 Å². The Hall–Kier alpha value is -2.10. The number of nitrogens with two attached hydrogens (primary N) is 1. The van der Waals surface area contributed by atoms with Crippen LogP contribution in [-0.4, -0.2) is 16.9 Å². The molecule has 3 rings (SSSR count). The van der Waals surface area contributed by atoms with Crippen LogP contribution in [0.4, 0.5) is 5.82 Å². The third kappa shape index (κ3) is 2.14. The molecule has 3 N–H and O–H groups in total. The van der Waals surface area contributed by atoms with Crippen molar-refractivity contribution in [3.8, 4) is 0 Å². The van der Waals surface area contributed by atoms with Gasteiger partial charge in [0.2, 0.25) is 0 Å². The molecule has 98 valence electrons. The second-order valence-corrected chi connectivity index (χ2v) is 5.09. The molecule has 19 heavy (non-hydrogen) atoms. The third-order valence-corrected chi connectivity index (χ3v) is 3.83. The van der Waals surface area contributed by atoms with E-state index in [1.807, 2.05) is 24.3 Å². The Labute approximate surface area is 112 Å². The number of hydrogen-bond donors (Lipinski definition) is 2. The van der Waals surface area contributed by atoms with Crippen molar-refractivity contribution in [2.45, 2.75) is 25.8 Å². The van der Waals surface area contributed by atoms with Crippen LogP contribution in [-0.2, 0) is 0 Å². The zero-order valence-electron chi connectivity index (χ0n) is 10.9. The van der Waals surface area contributed by atoms with Crippen LogP contribution in [0.2, 0.25) is 0 Å². The number of nitrogen functional groups attached to an aromatic ring is 1. The van der Waals surface area contributed by atoms with Gasteiger partial charge in [0, 0.05) is 17.6 Å². The van der Waals surface area contributed by atoms with Crippen LogP contribution in [0.1, 0.15) is 30.1 Å². The number of hydrogen-bond acceptors (Lipinski definition) is 3. The molecule has 0 saturated heterocycles. The summed E-state index contributed by atoms with van der Waals surface area (Å²) in [4.78, 5) is 16.4. The number of nitrogens with zero attached hydrogens (tertiary/aromatic N) is 1. The van der Waals surface area contributed by atoms with Gasteiger partial charge in [0.25, 0.3) is 5.91 Å². The summed E-state index contributed by atoms with van der Waals surface area (Å²) in [6.45, 7) is 2.15. The monoisotopic (exact) mass is 255 g/mol. The average Bonchev–Trinajstić information content (AvgIpc) is 3.17. The van der Waals surface area contributed by atoms with Gasteiger partial charge in [-0.25, -0.2) is 4.98 Å². The molecule has 2 atom stereocenters. The Kier molecular flexibility index (Phi) is 2.85. The molecule has 1 aliphatic rings. The van der Waals surface area contributed by atoms with Crippen LogP contribution < -0.4 is 11.1 Å². The lowest BCUT2D eigenvalue weighted by Crippen LogP contribution is -2.27.